The van der Waals surface area contributed by atoms with Gasteiger partial charge in [-0.05, 0) is 58.8 Å². The van der Waals surface area contributed by atoms with Gasteiger partial charge in [-0.1, -0.05) is 58.4 Å². The van der Waals surface area contributed by atoms with E-state index < -0.39 is 44.5 Å². The highest BCUT2D eigenvalue weighted by Gasteiger charge is 2.24. The number of nitrogens with two attached hydrogens (primary N) is 1. The summed E-state index contributed by atoms with van der Waals surface area (Å²) < 4.78 is 52.5. The molecule has 0 aromatic heterocycles. The normalized spacial score (nSPS) is 12.7. The second-order valence-corrected chi connectivity index (χ2v) is 12.7. The quantitative estimate of drug-likeness (QED) is 0.220. The second kappa shape index (κ2) is 11.2. The maximum atomic E-state index is 12.8. The van der Waals surface area contributed by atoms with E-state index >= 15 is 0 Å². The fourth-order valence-corrected chi connectivity index (χ4v) is 6.06. The fourth-order valence-electron chi connectivity index (χ4n) is 3.83. The Balaban J connectivity index is 1.47. The van der Waals surface area contributed by atoms with Crippen LogP contribution in [-0.2, 0) is 24.8 Å². The molecule has 0 aliphatic heterocycles. The first kappa shape index (κ1) is 28.4. The molecular weight excluding hydrogens is 610 g/mol. The van der Waals surface area contributed by atoms with Crippen LogP contribution in [0.15, 0.2) is 99.2 Å². The van der Waals surface area contributed by atoms with Gasteiger partial charge >= 0.3 is 5.97 Å². The molecule has 0 saturated carbocycles. The van der Waals surface area contributed by atoms with Crippen LogP contribution in [0.1, 0.15) is 10.4 Å². The number of carbonyl (C=O) groups excluding carboxylic acids is 1. The first-order valence-corrected chi connectivity index (χ1v) is 15.1. The molecule has 39 heavy (non-hydrogen) atoms. The topological polar surface area (TPSA) is 173 Å². The van der Waals surface area contributed by atoms with Crippen molar-refractivity contribution >= 4 is 58.6 Å². The highest BCUT2D eigenvalue weighted by molar-refractivity contribution is 9.10. The van der Waals surface area contributed by atoms with Crippen LogP contribution in [-0.4, -0.2) is 46.4 Å². The summed E-state index contributed by atoms with van der Waals surface area (Å²) in [5, 5.41) is 18.7. The van der Waals surface area contributed by atoms with Crippen LogP contribution in [0.2, 0.25) is 0 Å². The molecule has 0 heterocycles. The van der Waals surface area contributed by atoms with Crippen molar-refractivity contribution in [1.29, 1.82) is 0 Å². The Bertz CT molecular complexity index is 1790. The zero-order valence-corrected chi connectivity index (χ0v) is 23.3. The number of hydrogen-bond acceptors (Lipinski definition) is 6. The van der Waals surface area contributed by atoms with Crippen LogP contribution in [0, 0.1) is 0 Å². The minimum Gasteiger partial charge on any atom is -0.480 e. The summed E-state index contributed by atoms with van der Waals surface area (Å²) >= 11 is 3.36. The molecule has 4 rings (SSSR count). The number of sulfonamides is 2. The number of benzene rings is 4. The van der Waals surface area contributed by atoms with E-state index in [1.807, 2.05) is 6.07 Å². The predicted molar refractivity (Wildman–Crippen MR) is 149 cm³/mol. The van der Waals surface area contributed by atoms with Crippen LogP contribution in [0.4, 0.5) is 0 Å². The molecule has 1 amide bonds. The maximum Gasteiger partial charge on any atom is 0.327 e. The lowest BCUT2D eigenvalue weighted by molar-refractivity contribution is -0.139. The maximum absolute atomic E-state index is 12.8. The van der Waals surface area contributed by atoms with Gasteiger partial charge in [0.25, 0.3) is 5.91 Å². The van der Waals surface area contributed by atoms with Crippen LogP contribution < -0.4 is 15.2 Å². The predicted octanol–water partition coefficient (Wildman–Crippen LogP) is 3.08. The summed E-state index contributed by atoms with van der Waals surface area (Å²) in [6, 6.07) is 20.2. The summed E-state index contributed by atoms with van der Waals surface area (Å²) in [6.45, 7) is -0.596. The van der Waals surface area contributed by atoms with Gasteiger partial charge in [-0.2, -0.15) is 0 Å². The Morgan fingerprint density at radius 3 is 2.18 bits per heavy atom. The highest BCUT2D eigenvalue weighted by atomic mass is 79.9. The van der Waals surface area contributed by atoms with Gasteiger partial charge in [-0.3, -0.25) is 4.79 Å². The third kappa shape index (κ3) is 6.69. The molecule has 0 saturated heterocycles. The van der Waals surface area contributed by atoms with E-state index in [0.717, 1.165) is 9.86 Å². The number of amides is 1. The van der Waals surface area contributed by atoms with E-state index in [2.05, 4.69) is 26.0 Å². The number of carboxylic acids is 1. The lowest BCUT2D eigenvalue weighted by atomic mass is 10.0. The number of rotatable bonds is 9. The Kier molecular flexibility index (Phi) is 8.18. The standard InChI is InChI=1S/C26H22BrN3O7S2/c27-20-11-9-19-14-21(12-10-18(19)13-20)39(36,37)29-15-23(26(32)33)30-25(31)17-7-5-16(6-8-17)22-3-1-2-4-24(22)38(28,34)35/h1-14,23,29H,15H2,(H,30,31)(H,32,33)(H2,28,34,35). The lowest BCUT2D eigenvalue weighted by Crippen LogP contribution is -2.48. The average molecular weight is 633 g/mol. The highest BCUT2D eigenvalue weighted by Crippen LogP contribution is 2.27. The molecule has 0 aliphatic rings. The molecule has 0 radical (unpaired) electrons. The second-order valence-electron chi connectivity index (χ2n) is 8.49. The Morgan fingerprint density at radius 2 is 1.51 bits per heavy atom. The van der Waals surface area contributed by atoms with Crippen molar-refractivity contribution in [3.8, 4) is 11.1 Å². The van der Waals surface area contributed by atoms with Gasteiger partial charge in [0.1, 0.15) is 6.04 Å². The zero-order valence-electron chi connectivity index (χ0n) is 20.0. The zero-order chi connectivity index (χ0) is 28.4. The molecule has 1 unspecified atom stereocenters. The van der Waals surface area contributed by atoms with E-state index in [9.17, 15) is 31.5 Å². The molecule has 0 spiro atoms. The molecule has 13 heteroatoms. The van der Waals surface area contributed by atoms with Gasteiger partial charge in [0.05, 0.1) is 9.79 Å². The van der Waals surface area contributed by atoms with Gasteiger partial charge in [0, 0.05) is 22.1 Å². The van der Waals surface area contributed by atoms with E-state index in [-0.39, 0.29) is 15.4 Å². The van der Waals surface area contributed by atoms with Gasteiger partial charge in [-0.15, -0.1) is 0 Å². The molecule has 4 aromatic rings. The first-order chi connectivity index (χ1) is 18.3. The number of nitrogens with one attached hydrogen (secondary N) is 2. The number of primary sulfonamides is 1. The number of fused-ring (bicyclic) bond motifs is 1. The summed E-state index contributed by atoms with van der Waals surface area (Å²) in [4.78, 5) is 24.4. The molecule has 0 bridgehead atoms. The van der Waals surface area contributed by atoms with Crippen molar-refractivity contribution in [3.05, 3.63) is 95.0 Å². The smallest absolute Gasteiger partial charge is 0.327 e. The van der Waals surface area contributed by atoms with Crippen LogP contribution in [0.3, 0.4) is 0 Å². The first-order valence-electron chi connectivity index (χ1n) is 11.3. The van der Waals surface area contributed by atoms with Crippen LogP contribution in [0.5, 0.6) is 0 Å². The largest absolute Gasteiger partial charge is 0.480 e. The lowest BCUT2D eigenvalue weighted by Gasteiger charge is -2.16. The average Bonchev–Trinajstić information content (AvgIpc) is 2.90. The van der Waals surface area contributed by atoms with Crippen LogP contribution in [0.25, 0.3) is 21.9 Å². The van der Waals surface area contributed by atoms with Gasteiger partial charge in [0.15, 0.2) is 0 Å². The molecule has 0 fully saturated rings. The van der Waals surface area contributed by atoms with Crippen molar-refractivity contribution in [3.63, 3.8) is 0 Å². The summed E-state index contributed by atoms with van der Waals surface area (Å²) in [6.07, 6.45) is 0. The molecule has 1 atom stereocenters. The molecule has 4 aromatic carbocycles. The fraction of sp³-hybridized carbons (Fsp3) is 0.0769. The van der Waals surface area contributed by atoms with Crippen molar-refractivity contribution in [2.24, 2.45) is 5.14 Å². The SMILES string of the molecule is NS(=O)(=O)c1ccccc1-c1ccc(C(=O)NC(CNS(=O)(=O)c2ccc3cc(Br)ccc3c2)C(=O)O)cc1. The van der Waals surface area contributed by atoms with Gasteiger partial charge < -0.3 is 10.4 Å². The third-order valence-electron chi connectivity index (χ3n) is 5.82. The summed E-state index contributed by atoms with van der Waals surface area (Å²) in [5.74, 6) is -2.20. The Hall–Kier alpha value is -3.62. The van der Waals surface area contributed by atoms with E-state index in [0.29, 0.717) is 16.5 Å². The van der Waals surface area contributed by atoms with E-state index in [1.165, 1.54) is 48.5 Å². The minimum absolute atomic E-state index is 0.0526. The molecular formula is C26H22BrN3O7S2. The molecule has 0 aliphatic carbocycles. The van der Waals surface area contributed by atoms with E-state index in [4.69, 9.17) is 5.14 Å². The third-order valence-corrected chi connectivity index (χ3v) is 8.70. The number of halogens is 1. The van der Waals surface area contributed by atoms with Crippen molar-refractivity contribution in [2.75, 3.05) is 6.54 Å². The number of aliphatic carboxylic acids is 1. The summed E-state index contributed by atoms with van der Waals surface area (Å²) in [5.41, 5.74) is 0.897. The van der Waals surface area contributed by atoms with E-state index in [1.54, 1.807) is 30.3 Å². The number of carboxylic acid groups (broad SMARTS) is 1. The summed E-state index contributed by atoms with van der Waals surface area (Å²) in [7, 11) is -8.07. The van der Waals surface area contributed by atoms with Crippen LogP contribution >= 0.6 is 15.9 Å². The minimum atomic E-state index is -4.08. The van der Waals surface area contributed by atoms with Gasteiger partial charge in [-0.25, -0.2) is 31.5 Å². The molecule has 5 N–H and O–H groups in total. The monoisotopic (exact) mass is 631 g/mol. The number of carbonyl (C=O) groups is 2. The Morgan fingerprint density at radius 1 is 0.872 bits per heavy atom. The van der Waals surface area contributed by atoms with Crippen molar-refractivity contribution in [2.45, 2.75) is 15.8 Å². The van der Waals surface area contributed by atoms with Gasteiger partial charge in [0.2, 0.25) is 20.0 Å². The Labute approximate surface area is 233 Å². The molecule has 202 valence electrons. The van der Waals surface area contributed by atoms with Crippen molar-refractivity contribution < 1.29 is 31.5 Å². The molecule has 10 nitrogen and oxygen atoms in total. The number of hydrogen-bond donors (Lipinski definition) is 4. The van der Waals surface area contributed by atoms with Crippen molar-refractivity contribution in [1.82, 2.24) is 10.0 Å².